The molecule has 0 radical (unpaired) electrons. The molecule has 0 bridgehead atoms. The molecule has 0 saturated heterocycles. The SMILES string of the molecule is COC(=O)[C@]1(N)CCc2cc(OC)ccc2C1. The summed E-state index contributed by atoms with van der Waals surface area (Å²) in [6, 6.07) is 5.87. The van der Waals surface area contributed by atoms with Gasteiger partial charge < -0.3 is 15.2 Å². The van der Waals surface area contributed by atoms with Gasteiger partial charge in [-0.25, -0.2) is 0 Å². The van der Waals surface area contributed by atoms with E-state index in [1.54, 1.807) is 7.11 Å². The number of hydrogen-bond donors (Lipinski definition) is 1. The monoisotopic (exact) mass is 235 g/mol. The lowest BCUT2D eigenvalue weighted by Gasteiger charge is -2.32. The predicted octanol–water partition coefficient (Wildman–Crippen LogP) is 1.05. The minimum Gasteiger partial charge on any atom is -0.497 e. The highest BCUT2D eigenvalue weighted by Gasteiger charge is 2.38. The van der Waals surface area contributed by atoms with Gasteiger partial charge in [0.2, 0.25) is 0 Å². The molecule has 1 aromatic carbocycles. The Labute approximate surface area is 101 Å². The van der Waals surface area contributed by atoms with Crippen molar-refractivity contribution in [2.75, 3.05) is 14.2 Å². The zero-order valence-electron chi connectivity index (χ0n) is 10.2. The Morgan fingerprint density at radius 3 is 2.76 bits per heavy atom. The van der Waals surface area contributed by atoms with Crippen molar-refractivity contribution in [3.63, 3.8) is 0 Å². The second-order valence-electron chi connectivity index (χ2n) is 4.46. The molecule has 4 nitrogen and oxygen atoms in total. The lowest BCUT2D eigenvalue weighted by atomic mass is 9.78. The van der Waals surface area contributed by atoms with Gasteiger partial charge >= 0.3 is 5.97 Å². The largest absolute Gasteiger partial charge is 0.497 e. The number of carbonyl (C=O) groups is 1. The molecule has 0 saturated carbocycles. The van der Waals surface area contributed by atoms with Crippen LogP contribution >= 0.6 is 0 Å². The second kappa shape index (κ2) is 4.37. The molecular formula is C13H17NO3. The van der Waals surface area contributed by atoms with E-state index in [-0.39, 0.29) is 5.97 Å². The Morgan fingerprint density at radius 1 is 1.35 bits per heavy atom. The van der Waals surface area contributed by atoms with Gasteiger partial charge in [-0.3, -0.25) is 4.79 Å². The van der Waals surface area contributed by atoms with Crippen molar-refractivity contribution in [2.45, 2.75) is 24.8 Å². The summed E-state index contributed by atoms with van der Waals surface area (Å²) in [6.07, 6.45) is 1.91. The fourth-order valence-corrected chi connectivity index (χ4v) is 2.30. The Balaban J connectivity index is 2.28. The van der Waals surface area contributed by atoms with Crippen molar-refractivity contribution >= 4 is 5.97 Å². The lowest BCUT2D eigenvalue weighted by molar-refractivity contribution is -0.147. The molecule has 0 heterocycles. The molecular weight excluding hydrogens is 218 g/mol. The number of rotatable bonds is 2. The van der Waals surface area contributed by atoms with E-state index >= 15 is 0 Å². The van der Waals surface area contributed by atoms with Gasteiger partial charge in [0.15, 0.2) is 0 Å². The number of fused-ring (bicyclic) bond motifs is 1. The van der Waals surface area contributed by atoms with Gasteiger partial charge in [0.25, 0.3) is 0 Å². The third-order valence-electron chi connectivity index (χ3n) is 3.35. The van der Waals surface area contributed by atoms with Gasteiger partial charge in [-0.2, -0.15) is 0 Å². The number of aryl methyl sites for hydroxylation is 1. The van der Waals surface area contributed by atoms with Crippen LogP contribution in [0, 0.1) is 0 Å². The van der Waals surface area contributed by atoms with Crippen LogP contribution < -0.4 is 10.5 Å². The molecule has 2 rings (SSSR count). The van der Waals surface area contributed by atoms with Crippen LogP contribution in [0.4, 0.5) is 0 Å². The lowest BCUT2D eigenvalue weighted by Crippen LogP contribution is -2.52. The summed E-state index contributed by atoms with van der Waals surface area (Å²) in [5.41, 5.74) is 7.52. The van der Waals surface area contributed by atoms with Gasteiger partial charge in [0, 0.05) is 6.42 Å². The molecule has 4 heteroatoms. The van der Waals surface area contributed by atoms with Gasteiger partial charge in [-0.15, -0.1) is 0 Å². The summed E-state index contributed by atoms with van der Waals surface area (Å²) in [5.74, 6) is 0.505. The molecule has 1 atom stereocenters. The smallest absolute Gasteiger partial charge is 0.326 e. The maximum atomic E-state index is 11.6. The van der Waals surface area contributed by atoms with Crippen LogP contribution in [0.1, 0.15) is 17.5 Å². The Hall–Kier alpha value is -1.55. The topological polar surface area (TPSA) is 61.5 Å². The number of ether oxygens (including phenoxy) is 2. The van der Waals surface area contributed by atoms with E-state index in [4.69, 9.17) is 15.2 Å². The van der Waals surface area contributed by atoms with Crippen LogP contribution in [-0.2, 0) is 22.4 Å². The quantitative estimate of drug-likeness (QED) is 0.778. The number of nitrogens with two attached hydrogens (primary N) is 1. The summed E-state index contributed by atoms with van der Waals surface area (Å²) >= 11 is 0. The van der Waals surface area contributed by atoms with Crippen LogP contribution in [-0.4, -0.2) is 25.7 Å². The maximum Gasteiger partial charge on any atom is 0.326 e. The van der Waals surface area contributed by atoms with E-state index in [9.17, 15) is 4.79 Å². The summed E-state index contributed by atoms with van der Waals surface area (Å²) < 4.78 is 9.94. The maximum absolute atomic E-state index is 11.6. The molecule has 0 aromatic heterocycles. The summed E-state index contributed by atoms with van der Waals surface area (Å²) in [5, 5.41) is 0. The Morgan fingerprint density at radius 2 is 2.12 bits per heavy atom. The molecule has 0 unspecified atom stereocenters. The zero-order chi connectivity index (χ0) is 12.5. The fraction of sp³-hybridized carbons (Fsp3) is 0.462. The molecule has 17 heavy (non-hydrogen) atoms. The average Bonchev–Trinajstić information content (AvgIpc) is 2.37. The van der Waals surface area contributed by atoms with Crippen molar-refractivity contribution in [1.29, 1.82) is 0 Å². The van der Waals surface area contributed by atoms with Gasteiger partial charge in [-0.1, -0.05) is 6.07 Å². The molecule has 92 valence electrons. The Kier molecular flexibility index (Phi) is 3.07. The first-order chi connectivity index (χ1) is 8.09. The molecule has 0 amide bonds. The van der Waals surface area contributed by atoms with Crippen molar-refractivity contribution in [3.8, 4) is 5.75 Å². The number of benzene rings is 1. The molecule has 0 aliphatic heterocycles. The van der Waals surface area contributed by atoms with E-state index < -0.39 is 5.54 Å². The number of hydrogen-bond acceptors (Lipinski definition) is 4. The van der Waals surface area contributed by atoms with E-state index in [0.717, 1.165) is 17.7 Å². The highest BCUT2D eigenvalue weighted by molar-refractivity contribution is 5.81. The van der Waals surface area contributed by atoms with E-state index in [1.807, 2.05) is 18.2 Å². The highest BCUT2D eigenvalue weighted by atomic mass is 16.5. The first-order valence-electron chi connectivity index (χ1n) is 5.62. The van der Waals surface area contributed by atoms with Crippen LogP contribution in [0.3, 0.4) is 0 Å². The van der Waals surface area contributed by atoms with Crippen LogP contribution in [0.5, 0.6) is 5.75 Å². The predicted molar refractivity (Wildman–Crippen MR) is 64.0 cm³/mol. The first kappa shape index (κ1) is 11.9. The minimum atomic E-state index is -0.879. The van der Waals surface area contributed by atoms with Gasteiger partial charge in [-0.05, 0) is 36.1 Å². The fourth-order valence-electron chi connectivity index (χ4n) is 2.30. The van der Waals surface area contributed by atoms with E-state index in [2.05, 4.69) is 0 Å². The van der Waals surface area contributed by atoms with E-state index in [1.165, 1.54) is 12.7 Å². The normalized spacial score (nSPS) is 22.8. The molecule has 0 spiro atoms. The molecule has 2 N–H and O–H groups in total. The third-order valence-corrected chi connectivity index (χ3v) is 3.35. The van der Waals surface area contributed by atoms with Crippen LogP contribution in [0.2, 0.25) is 0 Å². The highest BCUT2D eigenvalue weighted by Crippen LogP contribution is 2.30. The number of carbonyl (C=O) groups excluding carboxylic acids is 1. The standard InChI is InChI=1S/C13H17NO3/c1-16-11-4-3-10-8-13(14,12(15)17-2)6-5-9(10)7-11/h3-4,7H,5-6,8,14H2,1-2H3/t13-/m0/s1. The van der Waals surface area contributed by atoms with Crippen molar-refractivity contribution in [1.82, 2.24) is 0 Å². The summed E-state index contributed by atoms with van der Waals surface area (Å²) in [7, 11) is 3.02. The Bertz CT molecular complexity index is 444. The molecule has 1 aliphatic carbocycles. The van der Waals surface area contributed by atoms with Crippen LogP contribution in [0.15, 0.2) is 18.2 Å². The van der Waals surface area contributed by atoms with Crippen LogP contribution in [0.25, 0.3) is 0 Å². The summed E-state index contributed by atoms with van der Waals surface area (Å²) in [4.78, 5) is 11.6. The van der Waals surface area contributed by atoms with E-state index in [0.29, 0.717) is 12.8 Å². The minimum absolute atomic E-state index is 0.334. The van der Waals surface area contributed by atoms with Crippen molar-refractivity contribution < 1.29 is 14.3 Å². The second-order valence-corrected chi connectivity index (χ2v) is 4.46. The summed E-state index contributed by atoms with van der Waals surface area (Å²) in [6.45, 7) is 0. The van der Waals surface area contributed by atoms with Gasteiger partial charge in [0.1, 0.15) is 11.3 Å². The average molecular weight is 235 g/mol. The molecule has 1 aromatic rings. The first-order valence-corrected chi connectivity index (χ1v) is 5.62. The molecule has 1 aliphatic rings. The molecule has 0 fully saturated rings. The van der Waals surface area contributed by atoms with Gasteiger partial charge in [0.05, 0.1) is 14.2 Å². The van der Waals surface area contributed by atoms with Crippen molar-refractivity contribution in [2.24, 2.45) is 5.73 Å². The zero-order valence-corrected chi connectivity index (χ0v) is 10.2. The van der Waals surface area contributed by atoms with Crippen molar-refractivity contribution in [3.05, 3.63) is 29.3 Å². The number of methoxy groups -OCH3 is 2. The number of esters is 1. The third kappa shape index (κ3) is 2.13.